The fraction of sp³-hybridized carbons (Fsp3) is 0.632. The first-order valence-corrected chi connectivity index (χ1v) is 9.35. The van der Waals surface area contributed by atoms with Crippen LogP contribution in [0.3, 0.4) is 0 Å². The summed E-state index contributed by atoms with van der Waals surface area (Å²) in [7, 11) is 0. The molecule has 0 saturated heterocycles. The van der Waals surface area contributed by atoms with Crippen LogP contribution in [0.2, 0.25) is 0 Å². The van der Waals surface area contributed by atoms with E-state index in [2.05, 4.69) is 17.6 Å². The summed E-state index contributed by atoms with van der Waals surface area (Å²) in [5, 5.41) is 5.67. The number of urea groups is 1. The predicted molar refractivity (Wildman–Crippen MR) is 96.3 cm³/mol. The van der Waals surface area contributed by atoms with Gasteiger partial charge >= 0.3 is 6.03 Å². The molecule has 1 aliphatic carbocycles. The van der Waals surface area contributed by atoms with E-state index in [1.807, 2.05) is 18.2 Å². The topological polar surface area (TPSA) is 68.8 Å². The third-order valence-electron chi connectivity index (χ3n) is 4.55. The highest BCUT2D eigenvalue weighted by atomic mass is 16.7. The highest BCUT2D eigenvalue weighted by Crippen LogP contribution is 2.47. The number of hydrogen-bond donors (Lipinski definition) is 2. The Morgan fingerprint density at radius 2 is 1.92 bits per heavy atom. The standard InChI is InChI=1S/C19H28N2O4/c1-2-3-12-23-13-6-11-20-18(22)21-15-7-8-16-17(14-15)25-19(24-16)9-4-5-10-19/h7-8,14H,2-6,9-13H2,1H3,(H2,20,21,22). The average Bonchev–Trinajstić information content (AvgIpc) is 3.20. The van der Waals surface area contributed by atoms with Crippen LogP contribution in [-0.2, 0) is 4.74 Å². The number of unbranched alkanes of at least 4 members (excludes halogenated alkanes) is 1. The summed E-state index contributed by atoms with van der Waals surface area (Å²) in [6.07, 6.45) is 7.13. The van der Waals surface area contributed by atoms with Gasteiger partial charge < -0.3 is 24.8 Å². The van der Waals surface area contributed by atoms with Crippen molar-refractivity contribution in [1.82, 2.24) is 5.32 Å². The van der Waals surface area contributed by atoms with Crippen LogP contribution in [0.5, 0.6) is 11.5 Å². The van der Waals surface area contributed by atoms with E-state index in [1.54, 1.807) is 0 Å². The monoisotopic (exact) mass is 348 g/mol. The van der Waals surface area contributed by atoms with Crippen molar-refractivity contribution in [2.75, 3.05) is 25.1 Å². The Morgan fingerprint density at radius 3 is 2.72 bits per heavy atom. The molecule has 6 heteroatoms. The molecule has 1 aromatic carbocycles. The molecule has 1 spiro atoms. The number of carbonyl (C=O) groups is 1. The van der Waals surface area contributed by atoms with Gasteiger partial charge in [-0.05, 0) is 37.8 Å². The molecule has 0 radical (unpaired) electrons. The molecule has 1 heterocycles. The minimum absolute atomic E-state index is 0.219. The summed E-state index contributed by atoms with van der Waals surface area (Å²) in [5.41, 5.74) is 0.703. The first kappa shape index (κ1) is 17.9. The predicted octanol–water partition coefficient (Wildman–Crippen LogP) is 4.06. The normalized spacial score (nSPS) is 17.0. The molecule has 0 aromatic heterocycles. The SMILES string of the molecule is CCCCOCCCNC(=O)Nc1ccc2c(c1)OC1(CCCC1)O2. The summed E-state index contributed by atoms with van der Waals surface area (Å²) in [4.78, 5) is 12.0. The van der Waals surface area contributed by atoms with Gasteiger partial charge in [0.15, 0.2) is 11.5 Å². The number of hydrogen-bond acceptors (Lipinski definition) is 4. The number of fused-ring (bicyclic) bond motifs is 1. The van der Waals surface area contributed by atoms with Gasteiger partial charge in [-0.3, -0.25) is 0 Å². The second kappa shape index (κ2) is 8.43. The number of anilines is 1. The van der Waals surface area contributed by atoms with E-state index in [0.29, 0.717) is 24.6 Å². The molecule has 138 valence electrons. The number of benzene rings is 1. The van der Waals surface area contributed by atoms with Crippen molar-refractivity contribution >= 4 is 11.7 Å². The lowest BCUT2D eigenvalue weighted by Crippen LogP contribution is -2.34. The third-order valence-corrected chi connectivity index (χ3v) is 4.55. The second-order valence-electron chi connectivity index (χ2n) is 6.68. The van der Waals surface area contributed by atoms with E-state index < -0.39 is 5.79 Å². The summed E-state index contributed by atoms with van der Waals surface area (Å²) in [6, 6.07) is 5.31. The molecule has 6 nitrogen and oxygen atoms in total. The molecular formula is C19H28N2O4. The van der Waals surface area contributed by atoms with E-state index in [-0.39, 0.29) is 6.03 Å². The maximum absolute atomic E-state index is 12.0. The smallest absolute Gasteiger partial charge is 0.319 e. The number of carbonyl (C=O) groups excluding carboxylic acids is 1. The average molecular weight is 348 g/mol. The Hall–Kier alpha value is -1.95. The van der Waals surface area contributed by atoms with Crippen molar-refractivity contribution in [3.8, 4) is 11.5 Å². The highest BCUT2D eigenvalue weighted by Gasteiger charge is 2.44. The van der Waals surface area contributed by atoms with Gasteiger partial charge in [-0.25, -0.2) is 4.79 Å². The Kier molecular flexibility index (Phi) is 6.02. The molecule has 2 N–H and O–H groups in total. The Bertz CT molecular complexity index is 585. The molecule has 1 aliphatic heterocycles. The molecule has 0 atom stereocenters. The molecule has 1 saturated carbocycles. The zero-order valence-corrected chi connectivity index (χ0v) is 14.9. The molecule has 25 heavy (non-hydrogen) atoms. The van der Waals surface area contributed by atoms with Crippen LogP contribution in [0, 0.1) is 0 Å². The van der Waals surface area contributed by atoms with Crippen LogP contribution in [0.15, 0.2) is 18.2 Å². The lowest BCUT2D eigenvalue weighted by molar-refractivity contribution is -0.0716. The third kappa shape index (κ3) is 4.78. The Morgan fingerprint density at radius 1 is 1.16 bits per heavy atom. The summed E-state index contributed by atoms with van der Waals surface area (Å²) < 4.78 is 17.5. The van der Waals surface area contributed by atoms with Crippen LogP contribution in [0.1, 0.15) is 51.9 Å². The number of amides is 2. The van der Waals surface area contributed by atoms with Crippen LogP contribution in [0.4, 0.5) is 10.5 Å². The van der Waals surface area contributed by atoms with Gasteiger partial charge in [-0.2, -0.15) is 0 Å². The number of rotatable bonds is 8. The van der Waals surface area contributed by atoms with E-state index in [4.69, 9.17) is 14.2 Å². The highest BCUT2D eigenvalue weighted by molar-refractivity contribution is 5.89. The fourth-order valence-corrected chi connectivity index (χ4v) is 3.19. The number of nitrogens with one attached hydrogen (secondary N) is 2. The fourth-order valence-electron chi connectivity index (χ4n) is 3.19. The molecule has 2 aliphatic rings. The molecule has 0 unspecified atom stereocenters. The first-order chi connectivity index (χ1) is 12.2. The van der Waals surface area contributed by atoms with Crippen molar-refractivity contribution in [1.29, 1.82) is 0 Å². The summed E-state index contributed by atoms with van der Waals surface area (Å²) in [6.45, 7) is 4.19. The lowest BCUT2D eigenvalue weighted by Gasteiger charge is -2.21. The van der Waals surface area contributed by atoms with Gasteiger partial charge in [0.1, 0.15) is 0 Å². The van der Waals surface area contributed by atoms with Crippen LogP contribution in [-0.4, -0.2) is 31.6 Å². The minimum Gasteiger partial charge on any atom is -0.448 e. The van der Waals surface area contributed by atoms with E-state index in [1.165, 1.54) is 0 Å². The Balaban J connectivity index is 1.40. The second-order valence-corrected chi connectivity index (χ2v) is 6.68. The summed E-state index contributed by atoms with van der Waals surface area (Å²) >= 11 is 0. The van der Waals surface area contributed by atoms with Crippen LogP contribution < -0.4 is 20.1 Å². The minimum atomic E-state index is -0.471. The van der Waals surface area contributed by atoms with Gasteiger partial charge in [0.2, 0.25) is 0 Å². The molecule has 2 amide bonds. The van der Waals surface area contributed by atoms with Gasteiger partial charge in [-0.15, -0.1) is 0 Å². The molecule has 3 rings (SSSR count). The number of ether oxygens (including phenoxy) is 3. The van der Waals surface area contributed by atoms with Gasteiger partial charge in [0.05, 0.1) is 0 Å². The van der Waals surface area contributed by atoms with Gasteiger partial charge in [0.25, 0.3) is 5.79 Å². The van der Waals surface area contributed by atoms with E-state index in [9.17, 15) is 4.79 Å². The van der Waals surface area contributed by atoms with Crippen LogP contribution >= 0.6 is 0 Å². The van der Waals surface area contributed by atoms with Crippen molar-refractivity contribution in [3.63, 3.8) is 0 Å². The molecule has 1 fully saturated rings. The zero-order chi connectivity index (χ0) is 17.5. The lowest BCUT2D eigenvalue weighted by atomic mass is 10.2. The molecule has 1 aromatic rings. The summed E-state index contributed by atoms with van der Waals surface area (Å²) in [5.74, 6) is 1.00. The zero-order valence-electron chi connectivity index (χ0n) is 14.9. The first-order valence-electron chi connectivity index (χ1n) is 9.35. The largest absolute Gasteiger partial charge is 0.448 e. The Labute approximate surface area is 149 Å². The quantitative estimate of drug-likeness (QED) is 0.695. The van der Waals surface area contributed by atoms with Gasteiger partial charge in [-0.1, -0.05) is 13.3 Å². The molecular weight excluding hydrogens is 320 g/mol. The maximum atomic E-state index is 12.0. The molecule has 0 bridgehead atoms. The van der Waals surface area contributed by atoms with Crippen LogP contribution in [0.25, 0.3) is 0 Å². The van der Waals surface area contributed by atoms with E-state index >= 15 is 0 Å². The van der Waals surface area contributed by atoms with Crippen molar-refractivity contribution in [3.05, 3.63) is 18.2 Å². The van der Waals surface area contributed by atoms with Crippen molar-refractivity contribution in [2.45, 2.75) is 57.7 Å². The van der Waals surface area contributed by atoms with Crippen molar-refractivity contribution < 1.29 is 19.0 Å². The van der Waals surface area contributed by atoms with Gasteiger partial charge in [0, 0.05) is 44.4 Å². The van der Waals surface area contributed by atoms with Crippen molar-refractivity contribution in [2.24, 2.45) is 0 Å². The maximum Gasteiger partial charge on any atom is 0.319 e. The van der Waals surface area contributed by atoms with E-state index in [0.717, 1.165) is 57.3 Å².